The third-order valence-electron chi connectivity index (χ3n) is 6.11. The minimum absolute atomic E-state index is 0.143. The number of fused-ring (bicyclic) bond motifs is 4. The summed E-state index contributed by atoms with van der Waals surface area (Å²) in [5, 5.41) is 2.46. The molecule has 2 saturated heterocycles. The molecule has 4 rings (SSSR count). The van der Waals surface area contributed by atoms with Crippen molar-refractivity contribution in [3.05, 3.63) is 29.8 Å². The molecule has 144 valence electrons. The summed E-state index contributed by atoms with van der Waals surface area (Å²) in [6.45, 7) is 1.20. The van der Waals surface area contributed by atoms with E-state index in [9.17, 15) is 14.4 Å². The second-order valence-electron chi connectivity index (χ2n) is 7.54. The molecule has 1 spiro atoms. The van der Waals surface area contributed by atoms with E-state index in [0.717, 1.165) is 48.4 Å². The maximum atomic E-state index is 13.6. The molecule has 27 heavy (non-hydrogen) atoms. The Morgan fingerprint density at radius 3 is 2.81 bits per heavy atom. The fourth-order valence-corrected chi connectivity index (χ4v) is 4.81. The first-order valence-corrected chi connectivity index (χ1v) is 9.60. The van der Waals surface area contributed by atoms with Gasteiger partial charge in [0, 0.05) is 19.3 Å². The Balaban J connectivity index is 1.82. The number of barbiturate groups is 1. The van der Waals surface area contributed by atoms with Crippen molar-refractivity contribution in [1.82, 2.24) is 10.2 Å². The van der Waals surface area contributed by atoms with E-state index in [1.807, 2.05) is 18.2 Å². The van der Waals surface area contributed by atoms with Gasteiger partial charge in [0.2, 0.25) is 11.8 Å². The van der Waals surface area contributed by atoms with E-state index >= 15 is 0 Å². The molecule has 0 aromatic heterocycles. The van der Waals surface area contributed by atoms with Crippen LogP contribution in [-0.4, -0.2) is 55.6 Å². The molecule has 1 N–H and O–H groups in total. The highest BCUT2D eigenvalue weighted by Gasteiger charge is 2.61. The van der Waals surface area contributed by atoms with Crippen LogP contribution in [0.25, 0.3) is 0 Å². The van der Waals surface area contributed by atoms with E-state index in [1.54, 1.807) is 0 Å². The molecular weight excluding hydrogens is 346 g/mol. The van der Waals surface area contributed by atoms with Crippen molar-refractivity contribution in [2.75, 3.05) is 31.7 Å². The molecular formula is C20H25N3O4. The number of rotatable bonds is 3. The van der Waals surface area contributed by atoms with E-state index in [0.29, 0.717) is 6.42 Å². The second kappa shape index (κ2) is 6.96. The zero-order chi connectivity index (χ0) is 19.0. The van der Waals surface area contributed by atoms with Crippen LogP contribution in [-0.2, 0) is 20.7 Å². The number of ether oxygens (including phenoxy) is 1. The normalized spacial score (nSPS) is 27.9. The van der Waals surface area contributed by atoms with Gasteiger partial charge >= 0.3 is 6.03 Å². The number of nitrogens with one attached hydrogen (secondary N) is 1. The summed E-state index contributed by atoms with van der Waals surface area (Å²) >= 11 is 0. The molecule has 3 heterocycles. The summed E-state index contributed by atoms with van der Waals surface area (Å²) in [5.41, 5.74) is 0.830. The third kappa shape index (κ3) is 2.72. The van der Waals surface area contributed by atoms with Gasteiger partial charge in [-0.2, -0.15) is 0 Å². The number of methoxy groups -OCH3 is 1. The Hall–Kier alpha value is -2.41. The predicted octanol–water partition coefficient (Wildman–Crippen LogP) is 1.70. The van der Waals surface area contributed by atoms with E-state index in [-0.39, 0.29) is 25.1 Å². The Kier molecular flexibility index (Phi) is 4.63. The summed E-state index contributed by atoms with van der Waals surface area (Å²) in [4.78, 5) is 42.4. The predicted molar refractivity (Wildman–Crippen MR) is 99.3 cm³/mol. The van der Waals surface area contributed by atoms with Crippen LogP contribution >= 0.6 is 0 Å². The van der Waals surface area contributed by atoms with Gasteiger partial charge < -0.3 is 9.64 Å². The third-order valence-corrected chi connectivity index (χ3v) is 6.11. The Morgan fingerprint density at radius 2 is 2.00 bits per heavy atom. The van der Waals surface area contributed by atoms with Crippen LogP contribution in [0.4, 0.5) is 10.5 Å². The second-order valence-corrected chi connectivity index (χ2v) is 7.54. The van der Waals surface area contributed by atoms with Gasteiger partial charge in [-0.15, -0.1) is 0 Å². The van der Waals surface area contributed by atoms with Gasteiger partial charge in [-0.25, -0.2) is 4.79 Å². The molecule has 0 radical (unpaired) electrons. The molecule has 0 saturated carbocycles. The van der Waals surface area contributed by atoms with Crippen molar-refractivity contribution in [2.24, 2.45) is 5.41 Å². The van der Waals surface area contributed by atoms with E-state index < -0.39 is 17.4 Å². The zero-order valence-corrected chi connectivity index (χ0v) is 15.6. The lowest BCUT2D eigenvalue weighted by Gasteiger charge is -2.51. The summed E-state index contributed by atoms with van der Waals surface area (Å²) in [6, 6.07) is 7.10. The van der Waals surface area contributed by atoms with Crippen LogP contribution in [0.5, 0.6) is 0 Å². The monoisotopic (exact) mass is 371 g/mol. The van der Waals surface area contributed by atoms with Gasteiger partial charge in [0.05, 0.1) is 19.2 Å². The number of para-hydroxylation sites is 1. The fourth-order valence-electron chi connectivity index (χ4n) is 4.81. The van der Waals surface area contributed by atoms with Gasteiger partial charge in [-0.05, 0) is 30.9 Å². The van der Waals surface area contributed by atoms with Gasteiger partial charge in [0.25, 0.3) is 0 Å². The first kappa shape index (κ1) is 18.0. The first-order valence-electron chi connectivity index (χ1n) is 9.60. The van der Waals surface area contributed by atoms with Crippen LogP contribution in [0.1, 0.15) is 31.2 Å². The van der Waals surface area contributed by atoms with Gasteiger partial charge in [0.15, 0.2) is 5.41 Å². The first-order chi connectivity index (χ1) is 13.1. The highest BCUT2D eigenvalue weighted by atomic mass is 16.5. The average molecular weight is 371 g/mol. The lowest BCUT2D eigenvalue weighted by atomic mass is 9.67. The molecule has 2 atom stereocenters. The highest BCUT2D eigenvalue weighted by molar-refractivity contribution is 6.20. The van der Waals surface area contributed by atoms with Crippen molar-refractivity contribution < 1.29 is 19.1 Å². The maximum absolute atomic E-state index is 13.6. The summed E-state index contributed by atoms with van der Waals surface area (Å²) in [7, 11) is 1.52. The number of benzene rings is 1. The molecule has 2 fully saturated rings. The highest BCUT2D eigenvalue weighted by Crippen LogP contribution is 2.46. The summed E-state index contributed by atoms with van der Waals surface area (Å²) < 4.78 is 5.06. The largest absolute Gasteiger partial charge is 0.383 e. The molecule has 0 aliphatic carbocycles. The fraction of sp³-hybridized carbons (Fsp3) is 0.550. The lowest BCUT2D eigenvalue weighted by Crippen LogP contribution is -2.72. The number of carbonyl (C=O) groups excluding carboxylic acids is 3. The number of carbonyl (C=O) groups is 3. The molecule has 1 aromatic carbocycles. The SMILES string of the molecule is COCCN1C(=O)NC(=O)[C@]2(Cc3ccccc3N3CCCCC[C@@H]32)C1=O. The minimum Gasteiger partial charge on any atom is -0.383 e. The van der Waals surface area contributed by atoms with E-state index in [4.69, 9.17) is 4.74 Å². The molecule has 7 nitrogen and oxygen atoms in total. The van der Waals surface area contributed by atoms with Gasteiger partial charge in [-0.3, -0.25) is 19.8 Å². The molecule has 3 aliphatic heterocycles. The molecule has 7 heteroatoms. The molecule has 4 amide bonds. The Labute approximate surface area is 158 Å². The lowest BCUT2D eigenvalue weighted by molar-refractivity contribution is -0.154. The van der Waals surface area contributed by atoms with Crippen LogP contribution < -0.4 is 10.2 Å². The van der Waals surface area contributed by atoms with Crippen molar-refractivity contribution in [1.29, 1.82) is 0 Å². The Bertz CT molecular complexity index is 780. The van der Waals surface area contributed by atoms with E-state index in [1.165, 1.54) is 7.11 Å². The average Bonchev–Trinajstić information content (AvgIpc) is 2.93. The molecule has 3 aliphatic rings. The number of imide groups is 2. The number of urea groups is 1. The van der Waals surface area contributed by atoms with Crippen LogP contribution in [0.15, 0.2) is 24.3 Å². The molecule has 1 aromatic rings. The van der Waals surface area contributed by atoms with Crippen molar-refractivity contribution in [3.63, 3.8) is 0 Å². The standard InChI is InChI=1S/C20H25N3O4/c1-27-12-11-23-18(25)20(17(24)21-19(23)26)13-14-7-4-5-8-15(14)22-10-6-2-3-9-16(20)22/h4-5,7-8,16H,2-3,6,9-13H2,1H3,(H,21,24,26)/t16-,20-/m1/s1. The summed E-state index contributed by atoms with van der Waals surface area (Å²) in [5.74, 6) is -0.850. The van der Waals surface area contributed by atoms with Gasteiger partial charge in [0.1, 0.15) is 0 Å². The van der Waals surface area contributed by atoms with Crippen LogP contribution in [0, 0.1) is 5.41 Å². The summed E-state index contributed by atoms with van der Waals surface area (Å²) in [6.07, 6.45) is 4.17. The number of hydrogen-bond acceptors (Lipinski definition) is 5. The van der Waals surface area contributed by atoms with Crippen molar-refractivity contribution in [3.8, 4) is 0 Å². The van der Waals surface area contributed by atoms with Crippen molar-refractivity contribution in [2.45, 2.75) is 38.1 Å². The maximum Gasteiger partial charge on any atom is 0.330 e. The number of hydrogen-bond donors (Lipinski definition) is 1. The zero-order valence-electron chi connectivity index (χ0n) is 15.6. The number of nitrogens with zero attached hydrogens (tertiary/aromatic N) is 2. The van der Waals surface area contributed by atoms with Gasteiger partial charge in [-0.1, -0.05) is 31.0 Å². The van der Waals surface area contributed by atoms with Crippen LogP contribution in [0.3, 0.4) is 0 Å². The van der Waals surface area contributed by atoms with E-state index in [2.05, 4.69) is 16.3 Å². The van der Waals surface area contributed by atoms with Crippen molar-refractivity contribution >= 4 is 23.5 Å². The number of anilines is 1. The molecule has 0 bridgehead atoms. The quantitative estimate of drug-likeness (QED) is 0.819. The van der Waals surface area contributed by atoms with Crippen LogP contribution in [0.2, 0.25) is 0 Å². The topological polar surface area (TPSA) is 79.0 Å². The smallest absolute Gasteiger partial charge is 0.330 e. The molecule has 0 unspecified atom stereocenters. The Morgan fingerprint density at radius 1 is 1.19 bits per heavy atom. The number of amides is 4. The minimum atomic E-state index is -1.26.